The van der Waals surface area contributed by atoms with Crippen LogP contribution in [0.15, 0.2) is 30.7 Å². The van der Waals surface area contributed by atoms with E-state index < -0.39 is 0 Å². The van der Waals surface area contributed by atoms with E-state index in [-0.39, 0.29) is 11.7 Å². The molecule has 1 aromatic heterocycles. The maximum absolute atomic E-state index is 6.81. The van der Waals surface area contributed by atoms with Crippen LogP contribution in [0.4, 0.5) is 0 Å². The van der Waals surface area contributed by atoms with Gasteiger partial charge in [-0.05, 0) is 18.9 Å². The highest BCUT2D eigenvalue weighted by Crippen LogP contribution is 2.55. The summed E-state index contributed by atoms with van der Waals surface area (Å²) in [4.78, 5) is 6.77. The third-order valence-corrected chi connectivity index (χ3v) is 6.84. The smallest absolute Gasteiger partial charge is 0.167 e. The summed E-state index contributed by atoms with van der Waals surface area (Å²) in [6, 6.07) is 6.18. The van der Waals surface area contributed by atoms with Crippen molar-refractivity contribution in [3.05, 3.63) is 42.0 Å². The number of nitrogens with zero attached hydrogens (tertiary/aromatic N) is 3. The van der Waals surface area contributed by atoms with Crippen molar-refractivity contribution < 1.29 is 14.2 Å². The Hall–Kier alpha value is -2.05. The Labute approximate surface area is 166 Å². The van der Waals surface area contributed by atoms with Crippen molar-refractivity contribution in [2.45, 2.75) is 43.9 Å². The van der Waals surface area contributed by atoms with E-state index in [9.17, 15) is 0 Å². The highest BCUT2D eigenvalue weighted by atomic mass is 16.5. The lowest BCUT2D eigenvalue weighted by atomic mass is 9.70. The molecule has 0 N–H and O–H groups in total. The Morgan fingerprint density at radius 1 is 1.29 bits per heavy atom. The summed E-state index contributed by atoms with van der Waals surface area (Å²) in [6.45, 7) is 3.83. The number of piperidine rings is 1. The molecule has 150 valence electrons. The molecule has 3 aliphatic heterocycles. The molecule has 2 saturated heterocycles. The zero-order valence-corrected chi connectivity index (χ0v) is 16.8. The van der Waals surface area contributed by atoms with E-state index in [1.807, 2.05) is 24.7 Å². The second kappa shape index (κ2) is 7.08. The Morgan fingerprint density at radius 2 is 2.14 bits per heavy atom. The van der Waals surface area contributed by atoms with Crippen molar-refractivity contribution in [3.8, 4) is 11.5 Å². The Bertz CT molecular complexity index is 841. The number of hydrogen-bond acceptors (Lipinski definition) is 5. The molecule has 6 heteroatoms. The number of aryl methyl sites for hydroxylation is 1. The molecule has 28 heavy (non-hydrogen) atoms. The molecule has 1 spiro atoms. The van der Waals surface area contributed by atoms with Gasteiger partial charge in [0.2, 0.25) is 0 Å². The van der Waals surface area contributed by atoms with Crippen LogP contribution in [-0.2, 0) is 18.3 Å². The van der Waals surface area contributed by atoms with Gasteiger partial charge < -0.3 is 18.8 Å². The van der Waals surface area contributed by atoms with Crippen molar-refractivity contribution in [2.75, 3.05) is 26.8 Å². The minimum atomic E-state index is -0.157. The largest absolute Gasteiger partial charge is 0.493 e. The normalized spacial score (nSPS) is 26.4. The van der Waals surface area contributed by atoms with E-state index in [1.54, 1.807) is 7.11 Å². The predicted molar refractivity (Wildman–Crippen MR) is 105 cm³/mol. The number of aromatic nitrogens is 2. The van der Waals surface area contributed by atoms with Gasteiger partial charge in [-0.2, -0.15) is 0 Å². The molecule has 3 aliphatic rings. The van der Waals surface area contributed by atoms with Crippen molar-refractivity contribution in [2.24, 2.45) is 13.0 Å². The summed E-state index contributed by atoms with van der Waals surface area (Å²) in [7, 11) is 3.78. The monoisotopic (exact) mass is 383 g/mol. The number of hydrogen-bond donors (Lipinski definition) is 0. The van der Waals surface area contributed by atoms with Gasteiger partial charge in [-0.3, -0.25) is 4.90 Å². The summed E-state index contributed by atoms with van der Waals surface area (Å²) >= 11 is 0. The molecule has 1 aromatic carbocycles. The van der Waals surface area contributed by atoms with Crippen LogP contribution in [0.5, 0.6) is 11.5 Å². The van der Waals surface area contributed by atoms with Gasteiger partial charge >= 0.3 is 0 Å². The van der Waals surface area contributed by atoms with E-state index in [2.05, 4.69) is 27.6 Å². The molecule has 0 bridgehead atoms. The van der Waals surface area contributed by atoms with Crippen LogP contribution in [0, 0.1) is 5.92 Å². The molecule has 2 aromatic rings. The number of ether oxygens (including phenoxy) is 3. The lowest BCUT2D eigenvalue weighted by Gasteiger charge is -2.53. The number of benzene rings is 1. The molecule has 4 heterocycles. The van der Waals surface area contributed by atoms with Gasteiger partial charge in [-0.1, -0.05) is 12.1 Å². The molecule has 5 rings (SSSR count). The summed E-state index contributed by atoms with van der Waals surface area (Å²) in [5.41, 5.74) is 2.26. The maximum Gasteiger partial charge on any atom is 0.167 e. The number of para-hydroxylation sites is 1. The fourth-order valence-corrected chi connectivity index (χ4v) is 5.26. The standard InChI is InChI=1S/C22H29N3O3/c1-24-15-23-13-16(24)14-25-10-8-22(9-11-25)18-6-4-12-27-20(18)17-5-3-7-19(26-2)21(17)28-22/h3,5,7,13,15,18,20H,4,6,8-12,14H2,1-2H3/t18-,20+/m0/s1. The van der Waals surface area contributed by atoms with Gasteiger partial charge in [-0.25, -0.2) is 4.98 Å². The zero-order chi connectivity index (χ0) is 19.1. The second-order valence-corrected chi connectivity index (χ2v) is 8.36. The average molecular weight is 383 g/mol. The van der Waals surface area contributed by atoms with Gasteiger partial charge in [0.25, 0.3) is 0 Å². The van der Waals surface area contributed by atoms with Crippen molar-refractivity contribution in [1.82, 2.24) is 14.5 Å². The SMILES string of the molecule is COc1cccc2c1OC1(CCN(Cc3cncn3C)CC1)[C@H]1CCCO[C@H]21. The first-order valence-corrected chi connectivity index (χ1v) is 10.4. The van der Waals surface area contributed by atoms with E-state index in [4.69, 9.17) is 14.2 Å². The van der Waals surface area contributed by atoms with E-state index >= 15 is 0 Å². The summed E-state index contributed by atoms with van der Waals surface area (Å²) in [5, 5.41) is 0. The molecular weight excluding hydrogens is 354 g/mol. The molecule has 2 fully saturated rings. The number of rotatable bonds is 3. The molecule has 0 aliphatic carbocycles. The summed E-state index contributed by atoms with van der Waals surface area (Å²) in [5.74, 6) is 2.13. The fourth-order valence-electron chi connectivity index (χ4n) is 5.26. The lowest BCUT2D eigenvalue weighted by Crippen LogP contribution is -2.57. The first-order chi connectivity index (χ1) is 13.7. The highest BCUT2D eigenvalue weighted by Gasteiger charge is 2.53. The van der Waals surface area contributed by atoms with Crippen LogP contribution >= 0.6 is 0 Å². The van der Waals surface area contributed by atoms with E-state index in [0.29, 0.717) is 5.92 Å². The Balaban J connectivity index is 1.41. The van der Waals surface area contributed by atoms with Crippen molar-refractivity contribution in [3.63, 3.8) is 0 Å². The third-order valence-electron chi connectivity index (χ3n) is 6.84. The zero-order valence-electron chi connectivity index (χ0n) is 16.8. The van der Waals surface area contributed by atoms with Gasteiger partial charge in [0.05, 0.1) is 25.2 Å². The number of fused-ring (bicyclic) bond motifs is 4. The van der Waals surface area contributed by atoms with E-state index in [1.165, 1.54) is 12.1 Å². The molecule has 0 unspecified atom stereocenters. The quantitative estimate of drug-likeness (QED) is 0.814. The molecule has 0 saturated carbocycles. The molecular formula is C22H29N3O3. The van der Waals surface area contributed by atoms with Crippen molar-refractivity contribution in [1.29, 1.82) is 0 Å². The summed E-state index contributed by atoms with van der Waals surface area (Å²) < 4.78 is 20.8. The van der Waals surface area contributed by atoms with Crippen LogP contribution in [0.25, 0.3) is 0 Å². The molecule has 6 nitrogen and oxygen atoms in total. The van der Waals surface area contributed by atoms with Crippen LogP contribution in [0.1, 0.15) is 43.0 Å². The van der Waals surface area contributed by atoms with Gasteiger partial charge in [0.15, 0.2) is 11.5 Å². The molecule has 0 amide bonds. The number of imidazole rings is 1. The molecule has 2 atom stereocenters. The van der Waals surface area contributed by atoms with Gasteiger partial charge in [0, 0.05) is 63.8 Å². The Morgan fingerprint density at radius 3 is 2.89 bits per heavy atom. The number of methoxy groups -OCH3 is 1. The van der Waals surface area contributed by atoms with Crippen LogP contribution < -0.4 is 9.47 Å². The van der Waals surface area contributed by atoms with Gasteiger partial charge in [0.1, 0.15) is 5.60 Å². The van der Waals surface area contributed by atoms with Crippen LogP contribution in [0.3, 0.4) is 0 Å². The number of likely N-dealkylation sites (tertiary alicyclic amines) is 1. The lowest BCUT2D eigenvalue weighted by molar-refractivity contribution is -0.150. The predicted octanol–water partition coefficient (Wildman–Crippen LogP) is 3.32. The minimum Gasteiger partial charge on any atom is -0.493 e. The second-order valence-electron chi connectivity index (χ2n) is 8.36. The maximum atomic E-state index is 6.81. The summed E-state index contributed by atoms with van der Waals surface area (Å²) in [6.07, 6.45) is 8.29. The van der Waals surface area contributed by atoms with Crippen molar-refractivity contribution >= 4 is 0 Å². The highest BCUT2D eigenvalue weighted by molar-refractivity contribution is 5.50. The van der Waals surface area contributed by atoms with Crippen LogP contribution in [-0.4, -0.2) is 46.9 Å². The first-order valence-electron chi connectivity index (χ1n) is 10.4. The third kappa shape index (κ3) is 2.90. The Kier molecular flexibility index (Phi) is 4.56. The molecule has 0 radical (unpaired) electrons. The topological polar surface area (TPSA) is 48.8 Å². The first kappa shape index (κ1) is 18.0. The van der Waals surface area contributed by atoms with Crippen LogP contribution in [0.2, 0.25) is 0 Å². The fraction of sp³-hybridized carbons (Fsp3) is 0.591. The average Bonchev–Trinajstić information content (AvgIpc) is 3.14. The minimum absolute atomic E-state index is 0.122. The van der Waals surface area contributed by atoms with E-state index in [0.717, 1.165) is 62.6 Å². The van der Waals surface area contributed by atoms with Gasteiger partial charge in [-0.15, -0.1) is 0 Å².